The van der Waals surface area contributed by atoms with Crippen LogP contribution in [0, 0.1) is 0 Å². The smallest absolute Gasteiger partial charge is 0.260 e. The van der Waals surface area contributed by atoms with E-state index in [1.54, 1.807) is 44.4 Å². The van der Waals surface area contributed by atoms with Crippen LogP contribution in [0.15, 0.2) is 221 Å². The number of primary amides is 1. The van der Waals surface area contributed by atoms with E-state index in [2.05, 4.69) is 164 Å². The fourth-order valence-corrected chi connectivity index (χ4v) is 22.3. The van der Waals surface area contributed by atoms with Crippen LogP contribution < -0.4 is 27.5 Å². The quantitative estimate of drug-likeness (QED) is 0.0620. The number of hydrogen-bond acceptors (Lipinski definition) is 24. The molecule has 19 aromatic rings. The van der Waals surface area contributed by atoms with E-state index >= 15 is 0 Å². The minimum Gasteiger partial charge on any atom is -0.378 e. The molecule has 14 aromatic heterocycles. The number of morpholine rings is 1. The molecule has 5 N–H and O–H groups in total. The van der Waals surface area contributed by atoms with Gasteiger partial charge in [-0.2, -0.15) is 25.5 Å². The molecule has 0 bridgehead atoms. The number of aryl methyl sites for hydroxylation is 6. The summed E-state index contributed by atoms with van der Waals surface area (Å²) in [6, 6.07) is 47.8. The summed E-state index contributed by atoms with van der Waals surface area (Å²) in [7, 11) is 3.44. The zero-order valence-electron chi connectivity index (χ0n) is 82.9. The Bertz CT molecular complexity index is 8670. The summed E-state index contributed by atoms with van der Waals surface area (Å²) >= 11 is 1.57. The molecule has 2 atom stereocenters. The van der Waals surface area contributed by atoms with E-state index in [0.717, 1.165) is 253 Å². The van der Waals surface area contributed by atoms with Crippen LogP contribution in [0.1, 0.15) is 185 Å². The molecular formula is C111H109N31O6S. The maximum absolute atomic E-state index is 12.8. The number of thiazole rings is 1. The van der Waals surface area contributed by atoms with Crippen molar-refractivity contribution in [2.24, 2.45) is 29.8 Å². The Kier molecular flexibility index (Phi) is 23.5. The minimum absolute atomic E-state index is 0.0335. The third-order valence-corrected chi connectivity index (χ3v) is 30.8. The van der Waals surface area contributed by atoms with Crippen molar-refractivity contribution in [3.8, 4) is 124 Å². The van der Waals surface area contributed by atoms with Gasteiger partial charge in [0.2, 0.25) is 5.91 Å². The van der Waals surface area contributed by atoms with Crippen LogP contribution in [0.2, 0.25) is 0 Å². The Morgan fingerprint density at radius 2 is 0.852 bits per heavy atom. The number of benzene rings is 5. The maximum atomic E-state index is 12.8. The molecule has 0 spiro atoms. The second-order valence-electron chi connectivity index (χ2n) is 40.4. The molecule has 30 rings (SSSR count). The summed E-state index contributed by atoms with van der Waals surface area (Å²) in [6.45, 7) is 10.5. The number of rotatable bonds is 18. The number of carbonyl (C=O) groups is 2. The molecule has 750 valence electrons. The monoisotopic (exact) mass is 2000 g/mol. The van der Waals surface area contributed by atoms with Gasteiger partial charge in [-0.3, -0.25) is 57.0 Å². The maximum Gasteiger partial charge on any atom is 0.260 e. The summed E-state index contributed by atoms with van der Waals surface area (Å²) < 4.78 is 29.9. The van der Waals surface area contributed by atoms with Crippen LogP contribution in [-0.4, -0.2) is 181 Å². The highest BCUT2D eigenvalue weighted by molar-refractivity contribution is 7.15. The molecule has 11 aliphatic rings. The van der Waals surface area contributed by atoms with Gasteiger partial charge < -0.3 is 58.5 Å². The van der Waals surface area contributed by atoms with E-state index in [-0.39, 0.29) is 23.1 Å². The number of nitrogens with one attached hydrogen (secondary N) is 2. The number of amides is 2. The third-order valence-electron chi connectivity index (χ3n) is 30.1. The number of aliphatic hydroxyl groups is 1. The number of aliphatic imine (C=N–C) groups is 2. The van der Waals surface area contributed by atoms with Gasteiger partial charge in [-0.05, 0) is 200 Å². The summed E-state index contributed by atoms with van der Waals surface area (Å²) in [5.74, 6) is 4.05. The van der Waals surface area contributed by atoms with Crippen LogP contribution in [0.25, 0.3) is 151 Å². The predicted molar refractivity (Wildman–Crippen MR) is 569 cm³/mol. The van der Waals surface area contributed by atoms with Crippen molar-refractivity contribution < 1.29 is 19.4 Å². The van der Waals surface area contributed by atoms with Gasteiger partial charge in [-0.1, -0.05) is 36.4 Å². The van der Waals surface area contributed by atoms with Gasteiger partial charge in [0, 0.05) is 195 Å². The van der Waals surface area contributed by atoms with Crippen LogP contribution in [-0.2, 0) is 75.5 Å². The van der Waals surface area contributed by atoms with E-state index in [9.17, 15) is 24.3 Å². The number of hydrogen-bond donors (Lipinski definition) is 4. The Morgan fingerprint density at radius 1 is 0.430 bits per heavy atom. The molecule has 5 aromatic carbocycles. The lowest BCUT2D eigenvalue weighted by atomic mass is 9.93. The van der Waals surface area contributed by atoms with Crippen molar-refractivity contribution in [1.82, 2.24) is 125 Å². The first-order valence-electron chi connectivity index (χ1n) is 51.7. The Morgan fingerprint density at radius 3 is 1.32 bits per heavy atom. The summed E-state index contributed by atoms with van der Waals surface area (Å²) in [4.78, 5) is 99.1. The molecule has 7 aliphatic heterocycles. The van der Waals surface area contributed by atoms with Gasteiger partial charge >= 0.3 is 0 Å². The van der Waals surface area contributed by atoms with Gasteiger partial charge in [-0.25, -0.2) is 39.9 Å². The lowest BCUT2D eigenvalue weighted by Gasteiger charge is -2.26. The molecule has 1 saturated heterocycles. The number of ether oxygens (including phenoxy) is 1. The average molecular weight is 2010 g/mol. The molecule has 21 heterocycles. The lowest BCUT2D eigenvalue weighted by Crippen LogP contribution is -2.40. The minimum atomic E-state index is -0.834. The standard InChI is InChI=1S/C28H28N6O2.C22H22N6O.C21H21N7O.C20H18N6OS.C20H20N6O/c35-28(32-14-16-36-17-15-32)20-5-3-19(4-6-20)24-18-21(9-11-29-24)27-26(30-25-2-1-12-33(25)27)23-10-13-34(31-23)22-7-8-22;1-26-13-23-17-8-7-14(12-16(17)22(26)29)21-20(24-19-6-3-10-27(19)21)18-9-11-28(25-18)15-4-2-5-15;22-21(29)18-14-10-12(3-6-15(14)23-11-24-18)20-19(25-17-2-1-8-27(17)20)16-7-9-28(26-16)13-4-5-13;1-12(2)26-7-6-16(23-26)17-18(25-8-9-28-20(25)22-17)13-4-5-15-14(10-13)19(27)24(3)11-21-15;27-20-14-10-12(3-6-15(14)21-11-22-20)19-18(23-17-2-1-8-25(17)19)16-7-9-26(24-16)13-4-5-13/h3-6,9-11,13,18,22H,1-2,7-8,12,14-17H2;7-9,11-13,15H,2-6,10H2,1H3;3,6-7,9-11,13,18H,1-2,4-5,8H2,(H2,22,29)(H,23,24);4-12H,1-3H3;3,6-7,9-11,13,20,27H,1-2,4-5,8H2,(H,21,22). The second-order valence-corrected chi connectivity index (χ2v) is 41.3. The average Bonchev–Trinajstić information content (AvgIpc) is 1.60. The fraction of sp³-hybridized carbons (Fsp3) is 0.324. The largest absolute Gasteiger partial charge is 0.378 e. The second kappa shape index (κ2) is 38.0. The Labute approximate surface area is 858 Å². The number of imidazole rings is 5. The van der Waals surface area contributed by atoms with Gasteiger partial charge in [0.15, 0.2) is 17.2 Å². The molecule has 4 saturated carbocycles. The van der Waals surface area contributed by atoms with E-state index < -0.39 is 18.2 Å². The van der Waals surface area contributed by atoms with E-state index in [4.69, 9.17) is 60.9 Å². The van der Waals surface area contributed by atoms with Crippen molar-refractivity contribution >= 4 is 74.0 Å². The van der Waals surface area contributed by atoms with Crippen molar-refractivity contribution in [1.29, 1.82) is 0 Å². The number of carbonyl (C=O) groups excluding carboxylic acids is 2. The van der Waals surface area contributed by atoms with E-state index in [1.165, 1.54) is 73.3 Å². The number of pyridine rings is 1. The van der Waals surface area contributed by atoms with Gasteiger partial charge in [0.05, 0.1) is 119 Å². The topological polar surface area (TPSA) is 402 Å². The molecule has 2 unspecified atom stereocenters. The first kappa shape index (κ1) is 92.3. The fourth-order valence-electron chi connectivity index (χ4n) is 21.6. The highest BCUT2D eigenvalue weighted by atomic mass is 32.1. The van der Waals surface area contributed by atoms with Crippen molar-refractivity contribution in [2.75, 3.05) is 36.9 Å². The summed E-state index contributed by atoms with van der Waals surface area (Å²) in [6.07, 6.45) is 38.7. The molecule has 38 heteroatoms. The third kappa shape index (κ3) is 17.4. The van der Waals surface area contributed by atoms with Crippen molar-refractivity contribution in [3.05, 3.63) is 262 Å². The van der Waals surface area contributed by atoms with Crippen LogP contribution in [0.4, 0.5) is 11.4 Å². The number of nitrogens with two attached hydrogens (primary N) is 1. The zero-order valence-corrected chi connectivity index (χ0v) is 83.7. The highest BCUT2D eigenvalue weighted by Gasteiger charge is 2.37. The number of fused-ring (bicyclic) bond motifs is 9. The van der Waals surface area contributed by atoms with Crippen molar-refractivity contribution in [3.63, 3.8) is 0 Å². The molecule has 5 fully saturated rings. The predicted octanol–water partition coefficient (Wildman–Crippen LogP) is 17.1. The molecule has 0 radical (unpaired) electrons. The molecule has 37 nitrogen and oxygen atoms in total. The van der Waals surface area contributed by atoms with Crippen LogP contribution in [0.5, 0.6) is 0 Å². The summed E-state index contributed by atoms with van der Waals surface area (Å²) in [5, 5.41) is 43.7. The number of anilines is 2. The number of aromatic nitrogens is 25. The van der Waals surface area contributed by atoms with Gasteiger partial charge in [0.1, 0.15) is 80.2 Å². The lowest BCUT2D eigenvalue weighted by molar-refractivity contribution is -0.119. The summed E-state index contributed by atoms with van der Waals surface area (Å²) in [5.41, 5.74) is 32.1. The van der Waals surface area contributed by atoms with Crippen LogP contribution in [0.3, 0.4) is 0 Å². The zero-order chi connectivity index (χ0) is 101. The van der Waals surface area contributed by atoms with Gasteiger partial charge in [-0.15, -0.1) is 11.3 Å². The Balaban J connectivity index is 0.0000000944. The van der Waals surface area contributed by atoms with Crippen molar-refractivity contribution in [2.45, 2.75) is 192 Å². The SMILES string of the molecule is CC(C)n1ccc(-c2nc3sccn3c2-c2ccc3ncn(C)c(=O)c3c2)n1.Cn1cnc2ccc(-c3c(-c4ccn(C5CCC5)n4)nc4n3CCC4)cc2c1=O.NC(=O)C1N=CNc2ccc(-c3c(-c4ccn(C5CC5)n4)nc4n3CCC4)cc21.O=C(c1ccc(-c2cc(-c3c(-c4ccn(C5CC5)n4)nc4n3CCC4)ccn2)cc1)N1CCOCC1.OC1N=CNc2ccc(-c3c(-c4ccn(C5CC5)n4)nc4n3CCC4)cc21. The molecule has 4 aliphatic carbocycles. The Hall–Kier alpha value is -16.6. The van der Waals surface area contributed by atoms with Gasteiger partial charge in [0.25, 0.3) is 17.0 Å². The highest BCUT2D eigenvalue weighted by Crippen LogP contribution is 2.47. The number of aliphatic hydroxyl groups excluding tert-OH is 1. The molecular weight excluding hydrogens is 1900 g/mol. The first-order chi connectivity index (χ1) is 72.9. The van der Waals surface area contributed by atoms with E-state index in [0.29, 0.717) is 77.8 Å². The van der Waals surface area contributed by atoms with E-state index in [1.807, 2.05) is 125 Å². The van der Waals surface area contributed by atoms with Crippen LogP contribution >= 0.6 is 11.3 Å². The number of nitrogens with zero attached hydrogens (tertiary/aromatic N) is 28. The molecule has 2 amide bonds. The first-order valence-corrected chi connectivity index (χ1v) is 52.6. The normalized spacial score (nSPS) is 17.1. The molecule has 149 heavy (non-hydrogen) atoms.